The molecule has 108 valence electrons. The molecule has 0 bridgehead atoms. The molecule has 1 aromatic heterocycles. The lowest BCUT2D eigenvalue weighted by Gasteiger charge is -2.26. The molecular weight excluding hydrogens is 356 g/mol. The van der Waals surface area contributed by atoms with Gasteiger partial charge in [0.2, 0.25) is 0 Å². The highest BCUT2D eigenvalue weighted by Crippen LogP contribution is 2.26. The monoisotopic (exact) mass is 372 g/mol. The van der Waals surface area contributed by atoms with Gasteiger partial charge in [0.15, 0.2) is 0 Å². The van der Waals surface area contributed by atoms with Crippen LogP contribution in [0.3, 0.4) is 0 Å². The number of nitrogens with one attached hydrogen (secondary N) is 1. The van der Waals surface area contributed by atoms with E-state index in [4.69, 9.17) is 11.6 Å². The molecule has 0 spiro atoms. The van der Waals surface area contributed by atoms with Crippen LogP contribution in [0.1, 0.15) is 16.5 Å². The predicted octanol–water partition coefficient (Wildman–Crippen LogP) is 4.56. The van der Waals surface area contributed by atoms with Crippen LogP contribution in [0.25, 0.3) is 0 Å². The van der Waals surface area contributed by atoms with E-state index in [1.807, 2.05) is 18.2 Å². The van der Waals surface area contributed by atoms with E-state index in [0.29, 0.717) is 0 Å². The molecule has 0 aliphatic heterocycles. The highest BCUT2D eigenvalue weighted by atomic mass is 79.9. The van der Waals surface area contributed by atoms with Crippen LogP contribution in [0.15, 0.2) is 40.2 Å². The summed E-state index contributed by atoms with van der Waals surface area (Å²) in [5, 5.41) is 4.34. The van der Waals surface area contributed by atoms with E-state index < -0.39 is 0 Å². The molecule has 0 saturated heterocycles. The van der Waals surface area contributed by atoms with E-state index in [1.165, 1.54) is 14.2 Å². The zero-order valence-corrected chi connectivity index (χ0v) is 14.7. The second kappa shape index (κ2) is 7.57. The van der Waals surface area contributed by atoms with E-state index in [-0.39, 0.29) is 6.04 Å². The van der Waals surface area contributed by atoms with Gasteiger partial charge in [0.25, 0.3) is 0 Å². The Kier molecular flexibility index (Phi) is 6.05. The SMILES string of the molecule is CN(C)C(CNCc1ccc(Br)s1)c1ccccc1Cl. The van der Waals surface area contributed by atoms with E-state index in [1.54, 1.807) is 11.3 Å². The number of likely N-dealkylation sites (N-methyl/N-ethyl adjacent to an activating group) is 1. The summed E-state index contributed by atoms with van der Waals surface area (Å²) in [6, 6.07) is 12.5. The Labute approximate surface area is 137 Å². The largest absolute Gasteiger partial charge is 0.310 e. The maximum Gasteiger partial charge on any atom is 0.0701 e. The van der Waals surface area contributed by atoms with Crippen LogP contribution >= 0.6 is 38.9 Å². The molecule has 1 N–H and O–H groups in total. The lowest BCUT2D eigenvalue weighted by molar-refractivity contribution is 0.288. The molecule has 0 radical (unpaired) electrons. The second-order valence-corrected chi connectivity index (χ2v) is 7.79. The van der Waals surface area contributed by atoms with Crippen molar-refractivity contribution in [3.8, 4) is 0 Å². The summed E-state index contributed by atoms with van der Waals surface area (Å²) in [7, 11) is 4.16. The van der Waals surface area contributed by atoms with Crippen molar-refractivity contribution in [3.05, 3.63) is 55.6 Å². The fourth-order valence-corrected chi connectivity index (χ4v) is 3.81. The minimum absolute atomic E-state index is 0.270. The summed E-state index contributed by atoms with van der Waals surface area (Å²) in [6.07, 6.45) is 0. The summed E-state index contributed by atoms with van der Waals surface area (Å²) in [5.41, 5.74) is 1.17. The first kappa shape index (κ1) is 16.0. The van der Waals surface area contributed by atoms with Crippen molar-refractivity contribution in [2.45, 2.75) is 12.6 Å². The molecule has 2 rings (SSSR count). The van der Waals surface area contributed by atoms with Crippen molar-refractivity contribution in [1.29, 1.82) is 0 Å². The van der Waals surface area contributed by atoms with Crippen molar-refractivity contribution in [3.63, 3.8) is 0 Å². The third kappa shape index (κ3) is 4.30. The quantitative estimate of drug-likeness (QED) is 0.798. The molecule has 1 unspecified atom stereocenters. The van der Waals surface area contributed by atoms with Crippen LogP contribution in [0.2, 0.25) is 5.02 Å². The third-order valence-electron chi connectivity index (χ3n) is 3.15. The summed E-state index contributed by atoms with van der Waals surface area (Å²) in [6.45, 7) is 1.75. The van der Waals surface area contributed by atoms with Crippen LogP contribution in [0.4, 0.5) is 0 Å². The fourth-order valence-electron chi connectivity index (χ4n) is 2.09. The van der Waals surface area contributed by atoms with Crippen molar-refractivity contribution in [1.82, 2.24) is 10.2 Å². The Bertz CT molecular complexity index is 556. The Morgan fingerprint density at radius 3 is 2.60 bits per heavy atom. The molecule has 2 nitrogen and oxygen atoms in total. The Balaban J connectivity index is 1.98. The third-order valence-corrected chi connectivity index (χ3v) is 5.12. The van der Waals surface area contributed by atoms with Crippen molar-refractivity contribution >= 4 is 38.9 Å². The Morgan fingerprint density at radius 1 is 1.25 bits per heavy atom. The molecule has 0 saturated carbocycles. The molecule has 0 fully saturated rings. The van der Waals surface area contributed by atoms with E-state index in [0.717, 1.165) is 18.1 Å². The van der Waals surface area contributed by atoms with Gasteiger partial charge in [-0.3, -0.25) is 0 Å². The summed E-state index contributed by atoms with van der Waals surface area (Å²) < 4.78 is 1.17. The number of hydrogen-bond acceptors (Lipinski definition) is 3. The minimum Gasteiger partial charge on any atom is -0.310 e. The van der Waals surface area contributed by atoms with Gasteiger partial charge in [-0.1, -0.05) is 29.8 Å². The van der Waals surface area contributed by atoms with Gasteiger partial charge in [-0.25, -0.2) is 0 Å². The zero-order valence-electron chi connectivity index (χ0n) is 11.6. The number of rotatable bonds is 6. The average molecular weight is 374 g/mol. The van der Waals surface area contributed by atoms with E-state index in [2.05, 4.69) is 58.4 Å². The van der Waals surface area contributed by atoms with Crippen LogP contribution in [0.5, 0.6) is 0 Å². The predicted molar refractivity (Wildman–Crippen MR) is 91.6 cm³/mol. The summed E-state index contributed by atoms with van der Waals surface area (Å²) in [5.74, 6) is 0. The fraction of sp³-hybridized carbons (Fsp3) is 0.333. The molecule has 1 heterocycles. The maximum absolute atomic E-state index is 6.30. The molecule has 0 amide bonds. The number of benzene rings is 1. The molecule has 1 aromatic carbocycles. The second-order valence-electron chi connectivity index (χ2n) is 4.84. The van der Waals surface area contributed by atoms with E-state index in [9.17, 15) is 0 Å². The number of halogens is 2. The van der Waals surface area contributed by atoms with Gasteiger partial charge in [-0.2, -0.15) is 0 Å². The molecular formula is C15H18BrClN2S. The maximum atomic E-state index is 6.30. The normalized spacial score (nSPS) is 12.8. The zero-order chi connectivity index (χ0) is 14.5. The molecule has 1 atom stereocenters. The van der Waals surface area contributed by atoms with Crippen LogP contribution in [-0.4, -0.2) is 25.5 Å². The summed E-state index contributed by atoms with van der Waals surface area (Å²) >= 11 is 11.6. The lowest BCUT2D eigenvalue weighted by atomic mass is 10.1. The molecule has 5 heteroatoms. The Morgan fingerprint density at radius 2 is 2.00 bits per heavy atom. The van der Waals surface area contributed by atoms with Crippen molar-refractivity contribution < 1.29 is 0 Å². The highest BCUT2D eigenvalue weighted by Gasteiger charge is 2.16. The average Bonchev–Trinajstić information content (AvgIpc) is 2.81. The van der Waals surface area contributed by atoms with Gasteiger partial charge in [-0.15, -0.1) is 11.3 Å². The van der Waals surface area contributed by atoms with Crippen LogP contribution < -0.4 is 5.32 Å². The Hall–Kier alpha value is -0.390. The van der Waals surface area contributed by atoms with Crippen LogP contribution in [-0.2, 0) is 6.54 Å². The lowest BCUT2D eigenvalue weighted by Crippen LogP contribution is -2.30. The van der Waals surface area contributed by atoms with Gasteiger partial charge in [0.05, 0.1) is 3.79 Å². The summed E-state index contributed by atoms with van der Waals surface area (Å²) in [4.78, 5) is 3.52. The van der Waals surface area contributed by atoms with Crippen LogP contribution in [0, 0.1) is 0 Å². The molecule has 0 aliphatic rings. The van der Waals surface area contributed by atoms with Gasteiger partial charge in [0, 0.05) is 29.0 Å². The first-order valence-corrected chi connectivity index (χ1v) is 8.42. The molecule has 2 aromatic rings. The standard InChI is InChI=1S/C15H18BrClN2S/c1-19(2)14(12-5-3-4-6-13(12)17)10-18-9-11-7-8-15(16)20-11/h3-8,14,18H,9-10H2,1-2H3. The van der Waals surface area contributed by atoms with Gasteiger partial charge < -0.3 is 10.2 Å². The number of thiophene rings is 1. The number of hydrogen-bond donors (Lipinski definition) is 1. The molecule has 20 heavy (non-hydrogen) atoms. The topological polar surface area (TPSA) is 15.3 Å². The van der Waals surface area contributed by atoms with Crippen molar-refractivity contribution in [2.24, 2.45) is 0 Å². The van der Waals surface area contributed by atoms with E-state index >= 15 is 0 Å². The smallest absolute Gasteiger partial charge is 0.0701 e. The van der Waals surface area contributed by atoms with Crippen molar-refractivity contribution in [2.75, 3.05) is 20.6 Å². The first-order chi connectivity index (χ1) is 9.58. The highest BCUT2D eigenvalue weighted by molar-refractivity contribution is 9.11. The van der Waals surface area contributed by atoms with Gasteiger partial charge in [-0.05, 0) is 53.8 Å². The number of nitrogens with zero attached hydrogens (tertiary/aromatic N) is 1. The minimum atomic E-state index is 0.270. The molecule has 0 aliphatic carbocycles. The van der Waals surface area contributed by atoms with Gasteiger partial charge >= 0.3 is 0 Å². The first-order valence-electron chi connectivity index (χ1n) is 6.43. The van der Waals surface area contributed by atoms with Gasteiger partial charge in [0.1, 0.15) is 0 Å².